The van der Waals surface area contributed by atoms with Crippen LogP contribution in [-0.4, -0.2) is 18.2 Å². The lowest BCUT2D eigenvalue weighted by Gasteiger charge is -2.34. The predicted molar refractivity (Wildman–Crippen MR) is 76.3 cm³/mol. The fourth-order valence-corrected chi connectivity index (χ4v) is 2.25. The molecule has 0 aromatic carbocycles. The smallest absolute Gasteiger partial charge is 0.0801 e. The van der Waals surface area contributed by atoms with Crippen LogP contribution in [0.25, 0.3) is 0 Å². The Morgan fingerprint density at radius 1 is 1.00 bits per heavy atom. The van der Waals surface area contributed by atoms with Crippen LogP contribution in [0.1, 0.15) is 79.1 Å². The Hall–Kier alpha value is -0.0800. The first-order valence-corrected chi connectivity index (χ1v) is 7.50. The second kappa shape index (κ2) is 9.90. The van der Waals surface area contributed by atoms with Gasteiger partial charge < -0.3 is 10.5 Å². The maximum atomic E-state index is 6.26. The van der Waals surface area contributed by atoms with Gasteiger partial charge >= 0.3 is 0 Å². The zero-order valence-corrected chi connectivity index (χ0v) is 12.4. The van der Waals surface area contributed by atoms with Gasteiger partial charge in [0.05, 0.1) is 5.60 Å². The van der Waals surface area contributed by atoms with Crippen molar-refractivity contribution in [1.82, 2.24) is 0 Å². The lowest BCUT2D eigenvalue weighted by Crippen LogP contribution is -2.47. The van der Waals surface area contributed by atoms with Crippen molar-refractivity contribution in [3.63, 3.8) is 0 Å². The van der Waals surface area contributed by atoms with Crippen LogP contribution in [0.5, 0.6) is 0 Å². The van der Waals surface area contributed by atoms with Gasteiger partial charge in [-0.25, -0.2) is 0 Å². The quantitative estimate of drug-likeness (QED) is 0.550. The van der Waals surface area contributed by atoms with E-state index in [-0.39, 0.29) is 11.6 Å². The highest BCUT2D eigenvalue weighted by Crippen LogP contribution is 2.22. The molecule has 0 rings (SSSR count). The van der Waals surface area contributed by atoms with Crippen LogP contribution in [0.4, 0.5) is 0 Å². The maximum absolute atomic E-state index is 6.26. The molecule has 0 saturated carbocycles. The molecule has 0 aromatic heterocycles. The molecule has 2 atom stereocenters. The van der Waals surface area contributed by atoms with Gasteiger partial charge in [-0.05, 0) is 26.7 Å². The zero-order valence-electron chi connectivity index (χ0n) is 12.4. The first kappa shape index (κ1) is 16.9. The Balaban J connectivity index is 3.71. The van der Waals surface area contributed by atoms with E-state index in [1.165, 1.54) is 38.5 Å². The molecule has 0 radical (unpaired) electrons. The third kappa shape index (κ3) is 7.05. The average Bonchev–Trinajstić information content (AvgIpc) is 2.33. The summed E-state index contributed by atoms with van der Waals surface area (Å²) in [7, 11) is 0. The summed E-state index contributed by atoms with van der Waals surface area (Å²) in [4.78, 5) is 0. The van der Waals surface area contributed by atoms with Crippen LogP contribution in [0.3, 0.4) is 0 Å². The second-order valence-electron chi connectivity index (χ2n) is 5.26. The van der Waals surface area contributed by atoms with Gasteiger partial charge in [0.1, 0.15) is 0 Å². The predicted octanol–water partition coefficient (Wildman–Crippen LogP) is 4.27. The molecule has 17 heavy (non-hydrogen) atoms. The molecule has 0 bridgehead atoms. The van der Waals surface area contributed by atoms with Gasteiger partial charge in [0.2, 0.25) is 0 Å². The van der Waals surface area contributed by atoms with E-state index in [1.807, 2.05) is 6.92 Å². The summed E-state index contributed by atoms with van der Waals surface area (Å²) in [5.41, 5.74) is 6.14. The molecule has 0 spiro atoms. The number of hydrogen-bond acceptors (Lipinski definition) is 2. The second-order valence-corrected chi connectivity index (χ2v) is 5.26. The monoisotopic (exact) mass is 243 g/mol. The van der Waals surface area contributed by atoms with Crippen LogP contribution in [0, 0.1) is 0 Å². The first-order valence-electron chi connectivity index (χ1n) is 7.50. The van der Waals surface area contributed by atoms with Crippen LogP contribution in [0.15, 0.2) is 0 Å². The van der Waals surface area contributed by atoms with E-state index in [1.54, 1.807) is 0 Å². The molecular formula is C15H33NO. The summed E-state index contributed by atoms with van der Waals surface area (Å²) in [5, 5.41) is 0. The lowest BCUT2D eigenvalue weighted by molar-refractivity contribution is -0.0483. The summed E-state index contributed by atoms with van der Waals surface area (Å²) < 4.78 is 5.81. The van der Waals surface area contributed by atoms with Gasteiger partial charge in [-0.3, -0.25) is 0 Å². The van der Waals surface area contributed by atoms with E-state index in [0.29, 0.717) is 0 Å². The van der Waals surface area contributed by atoms with Crippen molar-refractivity contribution < 1.29 is 4.74 Å². The van der Waals surface area contributed by atoms with Gasteiger partial charge in [0.15, 0.2) is 0 Å². The van der Waals surface area contributed by atoms with Crippen LogP contribution in [-0.2, 0) is 4.74 Å². The van der Waals surface area contributed by atoms with Crippen molar-refractivity contribution >= 4 is 0 Å². The summed E-state index contributed by atoms with van der Waals surface area (Å²) >= 11 is 0. The summed E-state index contributed by atoms with van der Waals surface area (Å²) in [6, 6.07) is 0.179. The van der Waals surface area contributed by atoms with Crippen molar-refractivity contribution in [2.75, 3.05) is 6.61 Å². The van der Waals surface area contributed by atoms with Gasteiger partial charge in [-0.15, -0.1) is 0 Å². The molecule has 0 aromatic rings. The molecule has 2 unspecified atom stereocenters. The minimum atomic E-state index is -0.127. The molecule has 0 aliphatic heterocycles. The molecule has 2 N–H and O–H groups in total. The molecule has 0 amide bonds. The number of rotatable bonds is 11. The van der Waals surface area contributed by atoms with Gasteiger partial charge in [0.25, 0.3) is 0 Å². The lowest BCUT2D eigenvalue weighted by atomic mass is 9.89. The largest absolute Gasteiger partial charge is 0.374 e. The first-order chi connectivity index (χ1) is 8.10. The fraction of sp³-hybridized carbons (Fsp3) is 1.00. The zero-order chi connectivity index (χ0) is 13.1. The molecule has 0 aliphatic rings. The molecule has 0 heterocycles. The molecule has 0 saturated heterocycles. The minimum Gasteiger partial charge on any atom is -0.374 e. The fourth-order valence-electron chi connectivity index (χ4n) is 2.25. The maximum Gasteiger partial charge on any atom is 0.0801 e. The standard InChI is InChI=1S/C15H33NO/c1-5-8-9-10-11-12-13-14(16)15(4,6-2)17-7-3/h14H,5-13,16H2,1-4H3. The normalized spacial score (nSPS) is 16.8. The number of ether oxygens (including phenoxy) is 1. The molecular weight excluding hydrogens is 210 g/mol. The minimum absolute atomic E-state index is 0.127. The summed E-state index contributed by atoms with van der Waals surface area (Å²) in [6.45, 7) is 9.37. The van der Waals surface area contributed by atoms with Crippen molar-refractivity contribution in [3.05, 3.63) is 0 Å². The Morgan fingerprint density at radius 3 is 2.12 bits per heavy atom. The molecule has 2 heteroatoms. The van der Waals surface area contributed by atoms with Crippen molar-refractivity contribution in [3.8, 4) is 0 Å². The van der Waals surface area contributed by atoms with E-state index in [2.05, 4.69) is 20.8 Å². The number of unbranched alkanes of at least 4 members (excludes halogenated alkanes) is 5. The number of nitrogens with two attached hydrogens (primary N) is 1. The van der Waals surface area contributed by atoms with Crippen molar-refractivity contribution in [2.24, 2.45) is 5.73 Å². The molecule has 0 fully saturated rings. The Labute approximate surface area is 108 Å². The van der Waals surface area contributed by atoms with Crippen LogP contribution < -0.4 is 5.73 Å². The molecule has 104 valence electrons. The molecule has 2 nitrogen and oxygen atoms in total. The van der Waals surface area contributed by atoms with E-state index in [4.69, 9.17) is 10.5 Å². The van der Waals surface area contributed by atoms with E-state index in [0.717, 1.165) is 19.4 Å². The van der Waals surface area contributed by atoms with E-state index >= 15 is 0 Å². The highest BCUT2D eigenvalue weighted by atomic mass is 16.5. The Kier molecular flexibility index (Phi) is 9.85. The van der Waals surface area contributed by atoms with Gasteiger partial charge in [0, 0.05) is 12.6 Å². The summed E-state index contributed by atoms with van der Waals surface area (Å²) in [6.07, 6.45) is 10.1. The van der Waals surface area contributed by atoms with Gasteiger partial charge in [-0.1, -0.05) is 52.4 Å². The van der Waals surface area contributed by atoms with Crippen molar-refractivity contribution in [1.29, 1.82) is 0 Å². The van der Waals surface area contributed by atoms with E-state index in [9.17, 15) is 0 Å². The van der Waals surface area contributed by atoms with Crippen LogP contribution >= 0.6 is 0 Å². The number of hydrogen-bond donors (Lipinski definition) is 1. The van der Waals surface area contributed by atoms with E-state index < -0.39 is 0 Å². The Bertz CT molecular complexity index is 172. The van der Waals surface area contributed by atoms with Crippen molar-refractivity contribution in [2.45, 2.75) is 90.7 Å². The topological polar surface area (TPSA) is 35.2 Å². The highest BCUT2D eigenvalue weighted by Gasteiger charge is 2.29. The van der Waals surface area contributed by atoms with Crippen LogP contribution in [0.2, 0.25) is 0 Å². The average molecular weight is 243 g/mol. The third-order valence-corrected chi connectivity index (χ3v) is 3.83. The highest BCUT2D eigenvalue weighted by molar-refractivity contribution is 4.85. The third-order valence-electron chi connectivity index (χ3n) is 3.83. The SMILES string of the molecule is CCCCCCCCC(N)C(C)(CC)OCC. The Morgan fingerprint density at radius 2 is 1.59 bits per heavy atom. The summed E-state index contributed by atoms with van der Waals surface area (Å²) in [5.74, 6) is 0. The molecule has 0 aliphatic carbocycles. The van der Waals surface area contributed by atoms with Gasteiger partial charge in [-0.2, -0.15) is 0 Å².